The molecule has 1 N–H and O–H groups in total. The highest BCUT2D eigenvalue weighted by Crippen LogP contribution is 2.19. The van der Waals surface area contributed by atoms with E-state index in [1.54, 1.807) is 4.57 Å². The van der Waals surface area contributed by atoms with Gasteiger partial charge in [0.1, 0.15) is 5.82 Å². The van der Waals surface area contributed by atoms with E-state index in [4.69, 9.17) is 0 Å². The van der Waals surface area contributed by atoms with E-state index in [0.29, 0.717) is 17.9 Å². The van der Waals surface area contributed by atoms with E-state index in [1.807, 2.05) is 61.5 Å². The molecule has 1 heterocycles. The van der Waals surface area contributed by atoms with Crippen molar-refractivity contribution in [2.75, 3.05) is 5.32 Å². The molecule has 0 radical (unpaired) electrons. The minimum atomic E-state index is -0.0537. The fourth-order valence-electron chi connectivity index (χ4n) is 3.54. The van der Waals surface area contributed by atoms with Gasteiger partial charge in [-0.25, -0.2) is 4.98 Å². The lowest BCUT2D eigenvalue weighted by Gasteiger charge is -2.12. The maximum Gasteiger partial charge on any atom is 0.263 e. The monoisotopic (exact) mass is 369 g/mol. The van der Waals surface area contributed by atoms with Gasteiger partial charge in [0.15, 0.2) is 0 Å². The number of nitrogens with zero attached hydrogens (tertiary/aromatic N) is 2. The summed E-state index contributed by atoms with van der Waals surface area (Å²) in [6.07, 6.45) is 0.981. The number of anilines is 1. The summed E-state index contributed by atoms with van der Waals surface area (Å²) >= 11 is 0. The molecule has 0 aliphatic carbocycles. The maximum atomic E-state index is 13.2. The fourth-order valence-corrected chi connectivity index (χ4v) is 3.54. The molecule has 0 aliphatic rings. The number of nitrogens with one attached hydrogen (secondary N) is 1. The number of para-hydroxylation sites is 3. The van der Waals surface area contributed by atoms with Crippen molar-refractivity contribution < 1.29 is 4.79 Å². The number of benzene rings is 3. The van der Waals surface area contributed by atoms with Gasteiger partial charge in [-0.05, 0) is 54.8 Å². The molecule has 0 saturated heterocycles. The summed E-state index contributed by atoms with van der Waals surface area (Å²) in [4.78, 5) is 17.7. The molecule has 0 amide bonds. The van der Waals surface area contributed by atoms with E-state index in [2.05, 4.69) is 35.4 Å². The molecule has 1 aromatic heterocycles. The normalized spacial score (nSPS) is 10.9. The van der Waals surface area contributed by atoms with Crippen LogP contribution in [0.1, 0.15) is 34.2 Å². The van der Waals surface area contributed by atoms with Crippen LogP contribution in [0, 0.1) is 6.92 Å². The van der Waals surface area contributed by atoms with Crippen LogP contribution in [0.2, 0.25) is 0 Å². The average molecular weight is 369 g/mol. The topological polar surface area (TPSA) is 46.9 Å². The van der Waals surface area contributed by atoms with Gasteiger partial charge in [0.25, 0.3) is 5.91 Å². The largest absolute Gasteiger partial charge is 0.381 e. The highest BCUT2D eigenvalue weighted by molar-refractivity contribution is 6.01. The average Bonchev–Trinajstić information content (AvgIpc) is 3.07. The minimum Gasteiger partial charge on any atom is -0.381 e. The number of aromatic nitrogens is 2. The first-order chi connectivity index (χ1) is 13.7. The maximum absolute atomic E-state index is 13.2. The first-order valence-electron chi connectivity index (χ1n) is 9.57. The second-order valence-electron chi connectivity index (χ2n) is 6.85. The molecule has 4 heteroatoms. The summed E-state index contributed by atoms with van der Waals surface area (Å²) in [5.41, 5.74) is 5.83. The fraction of sp³-hybridized carbons (Fsp3) is 0.167. The van der Waals surface area contributed by atoms with E-state index in [9.17, 15) is 4.79 Å². The molecule has 28 heavy (non-hydrogen) atoms. The second-order valence-corrected chi connectivity index (χ2v) is 6.85. The van der Waals surface area contributed by atoms with Crippen LogP contribution in [-0.2, 0) is 13.0 Å². The van der Waals surface area contributed by atoms with Crippen LogP contribution >= 0.6 is 0 Å². The van der Waals surface area contributed by atoms with E-state index in [1.165, 1.54) is 5.56 Å². The van der Waals surface area contributed by atoms with Crippen LogP contribution in [-0.4, -0.2) is 15.5 Å². The van der Waals surface area contributed by atoms with Crippen molar-refractivity contribution in [3.63, 3.8) is 0 Å². The van der Waals surface area contributed by atoms with Crippen molar-refractivity contribution in [2.24, 2.45) is 0 Å². The standard InChI is InChI=1S/C24H23N3O/c1-3-19-10-4-5-12-21(19)25-16-18-9-8-11-20(15-18)24(28)27-17(2)26-22-13-6-7-14-23(22)27/h4-15,25H,3,16H2,1-2H3. The van der Waals surface area contributed by atoms with E-state index >= 15 is 0 Å². The van der Waals surface area contributed by atoms with Crippen LogP contribution in [0.15, 0.2) is 72.8 Å². The molecule has 0 aliphatic heterocycles. The molecule has 0 unspecified atom stereocenters. The first-order valence-corrected chi connectivity index (χ1v) is 9.57. The lowest BCUT2D eigenvalue weighted by molar-refractivity contribution is 0.0962. The summed E-state index contributed by atoms with van der Waals surface area (Å²) in [5.74, 6) is 0.647. The predicted molar refractivity (Wildman–Crippen MR) is 114 cm³/mol. The summed E-state index contributed by atoms with van der Waals surface area (Å²) in [5, 5.41) is 3.49. The molecule has 0 atom stereocenters. The third kappa shape index (κ3) is 3.41. The number of carbonyl (C=O) groups excluding carboxylic acids is 1. The van der Waals surface area contributed by atoms with Gasteiger partial charge in [-0.3, -0.25) is 9.36 Å². The van der Waals surface area contributed by atoms with Crippen molar-refractivity contribution in [1.29, 1.82) is 0 Å². The Balaban J connectivity index is 1.60. The van der Waals surface area contributed by atoms with Crippen molar-refractivity contribution in [1.82, 2.24) is 9.55 Å². The number of aryl methyl sites for hydroxylation is 2. The number of rotatable bonds is 5. The van der Waals surface area contributed by atoms with Crippen LogP contribution in [0.3, 0.4) is 0 Å². The molecule has 0 spiro atoms. The van der Waals surface area contributed by atoms with Crippen LogP contribution < -0.4 is 5.32 Å². The smallest absolute Gasteiger partial charge is 0.263 e. The van der Waals surface area contributed by atoms with Gasteiger partial charge in [-0.2, -0.15) is 0 Å². The van der Waals surface area contributed by atoms with E-state index < -0.39 is 0 Å². The van der Waals surface area contributed by atoms with Gasteiger partial charge in [-0.15, -0.1) is 0 Å². The lowest BCUT2D eigenvalue weighted by atomic mass is 10.1. The minimum absolute atomic E-state index is 0.0537. The molecular weight excluding hydrogens is 346 g/mol. The van der Waals surface area contributed by atoms with Gasteiger partial charge < -0.3 is 5.32 Å². The second kappa shape index (κ2) is 7.69. The zero-order valence-corrected chi connectivity index (χ0v) is 16.1. The molecule has 0 bridgehead atoms. The van der Waals surface area contributed by atoms with E-state index in [0.717, 1.165) is 28.7 Å². The Morgan fingerprint density at radius 1 is 1.00 bits per heavy atom. The Labute approximate surface area is 164 Å². The summed E-state index contributed by atoms with van der Waals surface area (Å²) in [6, 6.07) is 23.8. The Morgan fingerprint density at radius 3 is 2.64 bits per heavy atom. The Morgan fingerprint density at radius 2 is 1.79 bits per heavy atom. The van der Waals surface area contributed by atoms with Gasteiger partial charge in [0.2, 0.25) is 0 Å². The van der Waals surface area contributed by atoms with Crippen molar-refractivity contribution >= 4 is 22.6 Å². The van der Waals surface area contributed by atoms with Crippen LogP contribution in [0.4, 0.5) is 5.69 Å². The van der Waals surface area contributed by atoms with Crippen LogP contribution in [0.5, 0.6) is 0 Å². The molecule has 0 saturated carbocycles. The number of hydrogen-bond donors (Lipinski definition) is 1. The third-order valence-electron chi connectivity index (χ3n) is 4.99. The Kier molecular flexibility index (Phi) is 4.94. The predicted octanol–water partition coefficient (Wildman–Crippen LogP) is 5.21. The molecular formula is C24H23N3O. The Bertz CT molecular complexity index is 1140. The summed E-state index contributed by atoms with van der Waals surface area (Å²) in [6.45, 7) is 4.68. The van der Waals surface area contributed by atoms with Gasteiger partial charge in [-0.1, -0.05) is 49.4 Å². The summed E-state index contributed by atoms with van der Waals surface area (Å²) in [7, 11) is 0. The lowest BCUT2D eigenvalue weighted by Crippen LogP contribution is -2.14. The van der Waals surface area contributed by atoms with Gasteiger partial charge >= 0.3 is 0 Å². The SMILES string of the molecule is CCc1ccccc1NCc1cccc(C(=O)n2c(C)nc3ccccc32)c1. The highest BCUT2D eigenvalue weighted by atomic mass is 16.2. The number of hydrogen-bond acceptors (Lipinski definition) is 3. The summed E-state index contributed by atoms with van der Waals surface area (Å²) < 4.78 is 1.69. The molecule has 4 nitrogen and oxygen atoms in total. The van der Waals surface area contributed by atoms with Gasteiger partial charge in [0.05, 0.1) is 11.0 Å². The van der Waals surface area contributed by atoms with Crippen LogP contribution in [0.25, 0.3) is 11.0 Å². The van der Waals surface area contributed by atoms with Gasteiger partial charge in [0, 0.05) is 17.8 Å². The zero-order chi connectivity index (χ0) is 19.5. The first kappa shape index (κ1) is 18.0. The highest BCUT2D eigenvalue weighted by Gasteiger charge is 2.16. The Hall–Kier alpha value is -3.40. The zero-order valence-electron chi connectivity index (χ0n) is 16.1. The number of fused-ring (bicyclic) bond motifs is 1. The van der Waals surface area contributed by atoms with Crippen molar-refractivity contribution in [3.05, 3.63) is 95.3 Å². The van der Waals surface area contributed by atoms with Crippen molar-refractivity contribution in [2.45, 2.75) is 26.8 Å². The molecule has 140 valence electrons. The van der Waals surface area contributed by atoms with Crippen molar-refractivity contribution in [3.8, 4) is 0 Å². The number of carbonyl (C=O) groups is 1. The van der Waals surface area contributed by atoms with E-state index in [-0.39, 0.29) is 5.91 Å². The third-order valence-corrected chi connectivity index (χ3v) is 4.99. The quantitative estimate of drug-likeness (QED) is 0.525. The molecule has 3 aromatic carbocycles. The molecule has 0 fully saturated rings. The number of imidazole rings is 1. The molecule has 4 rings (SSSR count). The molecule has 4 aromatic rings.